The molecule has 166 valence electrons. The van der Waals surface area contributed by atoms with E-state index in [0.717, 1.165) is 9.80 Å². The number of rotatable bonds is 7. The zero-order chi connectivity index (χ0) is 22.9. The lowest BCUT2D eigenvalue weighted by Crippen LogP contribution is -2.71. The number of benzene rings is 1. The molecule has 2 amide bonds. The molecule has 0 saturated carbocycles. The standard InChI is InChI=1S/C19H20N2O9S/c1-20(8-13(22)23)16(24)14-12(9-30-19(26)11-6-4-3-5-7-11)10-31(27,28)18-15(29-2)17(25)21(14)18/h3-7,15,18H,8-10H2,1-2H3,(H,22,23)/t15-,18+/m0/s1. The van der Waals surface area contributed by atoms with Gasteiger partial charge in [-0.05, 0) is 12.1 Å². The highest BCUT2D eigenvalue weighted by Crippen LogP contribution is 2.38. The summed E-state index contributed by atoms with van der Waals surface area (Å²) in [5.74, 6) is -4.32. The van der Waals surface area contributed by atoms with Crippen molar-refractivity contribution in [2.45, 2.75) is 11.5 Å². The van der Waals surface area contributed by atoms with E-state index in [1.54, 1.807) is 18.2 Å². The van der Waals surface area contributed by atoms with Crippen molar-refractivity contribution in [3.63, 3.8) is 0 Å². The molecule has 1 fully saturated rings. The third-order valence-corrected chi connectivity index (χ3v) is 6.82. The highest BCUT2D eigenvalue weighted by Gasteiger charge is 2.60. The Morgan fingerprint density at radius 3 is 2.45 bits per heavy atom. The van der Waals surface area contributed by atoms with Crippen molar-refractivity contribution in [2.24, 2.45) is 0 Å². The van der Waals surface area contributed by atoms with Gasteiger partial charge in [-0.15, -0.1) is 0 Å². The molecule has 31 heavy (non-hydrogen) atoms. The molecular weight excluding hydrogens is 432 g/mol. The van der Waals surface area contributed by atoms with Gasteiger partial charge >= 0.3 is 11.9 Å². The number of carbonyl (C=O) groups excluding carboxylic acids is 3. The van der Waals surface area contributed by atoms with Gasteiger partial charge in [-0.3, -0.25) is 19.3 Å². The normalized spacial score (nSPS) is 21.7. The average Bonchev–Trinajstić information content (AvgIpc) is 2.71. The van der Waals surface area contributed by atoms with Crippen molar-refractivity contribution in [1.82, 2.24) is 9.80 Å². The number of β-lactam (4-membered cyclic amide) rings is 1. The van der Waals surface area contributed by atoms with E-state index in [2.05, 4.69) is 0 Å². The number of amides is 2. The predicted octanol–water partition coefficient (Wildman–Crippen LogP) is -0.748. The van der Waals surface area contributed by atoms with Crippen LogP contribution in [0.1, 0.15) is 10.4 Å². The average molecular weight is 452 g/mol. The number of esters is 1. The van der Waals surface area contributed by atoms with Crippen molar-refractivity contribution in [1.29, 1.82) is 0 Å². The number of ether oxygens (including phenoxy) is 2. The number of methoxy groups -OCH3 is 1. The van der Waals surface area contributed by atoms with E-state index in [4.69, 9.17) is 14.6 Å². The summed E-state index contributed by atoms with van der Waals surface area (Å²) in [6.07, 6.45) is -1.27. The van der Waals surface area contributed by atoms with Gasteiger partial charge in [-0.1, -0.05) is 18.2 Å². The molecule has 1 aromatic carbocycles. The van der Waals surface area contributed by atoms with Gasteiger partial charge in [-0.25, -0.2) is 13.2 Å². The Bertz CT molecular complexity index is 1070. The maximum atomic E-state index is 12.9. The number of likely N-dealkylation sites (N-methyl/N-ethyl adjacent to an activating group) is 1. The van der Waals surface area contributed by atoms with E-state index in [1.165, 1.54) is 26.3 Å². The van der Waals surface area contributed by atoms with Gasteiger partial charge < -0.3 is 19.5 Å². The third kappa shape index (κ3) is 4.16. The van der Waals surface area contributed by atoms with Gasteiger partial charge in [0.2, 0.25) is 0 Å². The summed E-state index contributed by atoms with van der Waals surface area (Å²) in [4.78, 5) is 50.3. The van der Waals surface area contributed by atoms with Gasteiger partial charge in [0.05, 0.1) is 11.3 Å². The van der Waals surface area contributed by atoms with Crippen LogP contribution in [-0.4, -0.2) is 91.6 Å². The van der Waals surface area contributed by atoms with Crippen molar-refractivity contribution in [2.75, 3.05) is 33.1 Å². The zero-order valence-corrected chi connectivity index (χ0v) is 17.5. The van der Waals surface area contributed by atoms with Gasteiger partial charge in [-0.2, -0.15) is 0 Å². The van der Waals surface area contributed by atoms with Crippen LogP contribution in [-0.2, 0) is 33.7 Å². The SMILES string of the molecule is CO[C@H]1C(=O)N2C(C(=O)N(C)CC(=O)O)=C(COC(=O)c3ccccc3)CS(=O)(=O)[C@H]12. The fourth-order valence-electron chi connectivity index (χ4n) is 3.44. The summed E-state index contributed by atoms with van der Waals surface area (Å²) in [5.41, 5.74) is -0.219. The molecule has 0 bridgehead atoms. The Balaban J connectivity index is 1.97. The molecule has 1 aromatic rings. The Morgan fingerprint density at radius 2 is 1.87 bits per heavy atom. The van der Waals surface area contributed by atoms with Crippen LogP contribution in [0.3, 0.4) is 0 Å². The number of sulfone groups is 1. The second-order valence-corrected chi connectivity index (χ2v) is 9.11. The molecule has 2 aliphatic heterocycles. The third-order valence-electron chi connectivity index (χ3n) is 4.88. The summed E-state index contributed by atoms with van der Waals surface area (Å²) < 4.78 is 35.6. The summed E-state index contributed by atoms with van der Waals surface area (Å²) in [5, 5.41) is 7.56. The highest BCUT2D eigenvalue weighted by atomic mass is 32.2. The second kappa shape index (κ2) is 8.47. The predicted molar refractivity (Wildman–Crippen MR) is 104 cm³/mol. The molecule has 2 aliphatic rings. The second-order valence-electron chi connectivity index (χ2n) is 7.01. The minimum atomic E-state index is -3.95. The number of carbonyl (C=O) groups is 4. The Labute approximate surface area is 177 Å². The number of nitrogens with zero attached hydrogens (tertiary/aromatic N) is 2. The summed E-state index contributed by atoms with van der Waals surface area (Å²) >= 11 is 0. The van der Waals surface area contributed by atoms with Crippen LogP contribution >= 0.6 is 0 Å². The van der Waals surface area contributed by atoms with Crippen LogP contribution in [0.25, 0.3) is 0 Å². The molecule has 0 aliphatic carbocycles. The lowest BCUT2D eigenvalue weighted by Gasteiger charge is -2.49. The molecule has 0 radical (unpaired) electrons. The molecule has 12 heteroatoms. The van der Waals surface area contributed by atoms with Crippen molar-refractivity contribution in [3.8, 4) is 0 Å². The molecule has 2 atom stereocenters. The topological polar surface area (TPSA) is 148 Å². The highest BCUT2D eigenvalue weighted by molar-refractivity contribution is 7.92. The van der Waals surface area contributed by atoms with E-state index in [-0.39, 0.29) is 16.8 Å². The van der Waals surface area contributed by atoms with E-state index in [9.17, 15) is 27.6 Å². The molecule has 1 saturated heterocycles. The summed E-state index contributed by atoms with van der Waals surface area (Å²) in [6.45, 7) is -1.24. The van der Waals surface area contributed by atoms with Crippen LogP contribution in [0.5, 0.6) is 0 Å². The number of hydrogen-bond acceptors (Lipinski definition) is 8. The molecule has 3 rings (SSSR count). The van der Waals surface area contributed by atoms with Crippen LogP contribution in [0.4, 0.5) is 0 Å². The first kappa shape index (κ1) is 22.4. The first-order chi connectivity index (χ1) is 14.6. The number of carboxylic acid groups (broad SMARTS) is 1. The smallest absolute Gasteiger partial charge is 0.338 e. The fraction of sp³-hybridized carbons (Fsp3) is 0.368. The van der Waals surface area contributed by atoms with Crippen molar-refractivity contribution >= 4 is 33.6 Å². The van der Waals surface area contributed by atoms with Gasteiger partial charge in [0.1, 0.15) is 18.8 Å². The minimum Gasteiger partial charge on any atom is -0.480 e. The van der Waals surface area contributed by atoms with Crippen LogP contribution in [0, 0.1) is 0 Å². The number of hydrogen-bond donors (Lipinski definition) is 1. The molecule has 2 heterocycles. The van der Waals surface area contributed by atoms with Gasteiger partial charge in [0, 0.05) is 19.7 Å². The van der Waals surface area contributed by atoms with E-state index < -0.39 is 64.0 Å². The van der Waals surface area contributed by atoms with E-state index in [1.807, 2.05) is 0 Å². The lowest BCUT2D eigenvalue weighted by molar-refractivity contribution is -0.161. The minimum absolute atomic E-state index is 0.120. The lowest BCUT2D eigenvalue weighted by atomic mass is 10.0. The Kier molecular flexibility index (Phi) is 6.13. The summed E-state index contributed by atoms with van der Waals surface area (Å²) in [7, 11) is -1.57. The fourth-order valence-corrected chi connectivity index (χ4v) is 5.45. The van der Waals surface area contributed by atoms with E-state index >= 15 is 0 Å². The molecular formula is C19H20N2O9S. The van der Waals surface area contributed by atoms with Crippen LogP contribution < -0.4 is 0 Å². The molecule has 11 nitrogen and oxygen atoms in total. The summed E-state index contributed by atoms with van der Waals surface area (Å²) in [6, 6.07) is 7.93. The molecule has 0 aromatic heterocycles. The molecule has 1 N–H and O–H groups in total. The first-order valence-corrected chi connectivity index (χ1v) is 10.8. The largest absolute Gasteiger partial charge is 0.480 e. The Hall–Kier alpha value is -3.25. The van der Waals surface area contributed by atoms with E-state index in [0.29, 0.717) is 0 Å². The monoisotopic (exact) mass is 452 g/mol. The number of aliphatic carboxylic acids is 1. The van der Waals surface area contributed by atoms with Crippen molar-refractivity contribution in [3.05, 3.63) is 47.2 Å². The van der Waals surface area contributed by atoms with Crippen LogP contribution in [0.15, 0.2) is 41.6 Å². The quantitative estimate of drug-likeness (QED) is 0.417. The maximum absolute atomic E-state index is 12.9. The molecule has 0 unspecified atom stereocenters. The van der Waals surface area contributed by atoms with Gasteiger partial charge in [0.25, 0.3) is 11.8 Å². The maximum Gasteiger partial charge on any atom is 0.338 e. The number of fused-ring (bicyclic) bond motifs is 1. The number of carboxylic acids is 1. The zero-order valence-electron chi connectivity index (χ0n) is 16.7. The van der Waals surface area contributed by atoms with Crippen molar-refractivity contribution < 1.29 is 42.2 Å². The Morgan fingerprint density at radius 1 is 1.23 bits per heavy atom. The van der Waals surface area contributed by atoms with Crippen LogP contribution in [0.2, 0.25) is 0 Å². The van der Waals surface area contributed by atoms with Gasteiger partial charge in [0.15, 0.2) is 21.3 Å². The molecule has 0 spiro atoms. The first-order valence-electron chi connectivity index (χ1n) is 9.07.